The molecule has 1 aromatic heterocycles. The van der Waals surface area contributed by atoms with Crippen LogP contribution in [-0.2, 0) is 17.8 Å². The number of aromatic nitrogens is 2. The lowest BCUT2D eigenvalue weighted by molar-refractivity contribution is 0.0326. The third-order valence-corrected chi connectivity index (χ3v) is 3.74. The summed E-state index contributed by atoms with van der Waals surface area (Å²) in [6.45, 7) is 5.41. The number of benzene rings is 1. The Bertz CT molecular complexity index is 561. The molecule has 5 heteroatoms. The van der Waals surface area contributed by atoms with E-state index in [1.165, 1.54) is 0 Å². The Morgan fingerprint density at radius 3 is 2.80 bits per heavy atom. The number of aryl methyl sites for hydroxylation is 1. The molecule has 1 aromatic carbocycles. The van der Waals surface area contributed by atoms with Crippen molar-refractivity contribution >= 4 is 11.0 Å². The molecule has 1 aliphatic heterocycles. The monoisotopic (exact) mass is 275 g/mol. The summed E-state index contributed by atoms with van der Waals surface area (Å²) < 4.78 is 7.63. The minimum absolute atomic E-state index is 0.212. The van der Waals surface area contributed by atoms with Crippen LogP contribution in [0, 0.1) is 0 Å². The summed E-state index contributed by atoms with van der Waals surface area (Å²) in [7, 11) is 0. The fourth-order valence-corrected chi connectivity index (χ4v) is 2.68. The first kappa shape index (κ1) is 13.5. The molecule has 0 unspecified atom stereocenters. The molecule has 5 nitrogen and oxygen atoms in total. The van der Waals surface area contributed by atoms with E-state index >= 15 is 0 Å². The van der Waals surface area contributed by atoms with E-state index in [1.807, 2.05) is 18.2 Å². The van der Waals surface area contributed by atoms with Crippen molar-refractivity contribution in [1.29, 1.82) is 0 Å². The van der Waals surface area contributed by atoms with Crippen molar-refractivity contribution in [3.63, 3.8) is 0 Å². The maximum absolute atomic E-state index is 9.09. The first-order valence-corrected chi connectivity index (χ1v) is 7.23. The summed E-state index contributed by atoms with van der Waals surface area (Å²) in [6.07, 6.45) is 0.760. The van der Waals surface area contributed by atoms with Gasteiger partial charge in [0.1, 0.15) is 5.82 Å². The van der Waals surface area contributed by atoms with Crippen molar-refractivity contribution < 1.29 is 9.84 Å². The predicted octanol–water partition coefficient (Wildman–Crippen LogP) is 1.25. The van der Waals surface area contributed by atoms with Crippen molar-refractivity contribution in [3.05, 3.63) is 30.1 Å². The quantitative estimate of drug-likeness (QED) is 0.892. The van der Waals surface area contributed by atoms with Crippen LogP contribution < -0.4 is 0 Å². The SMILES string of the molecule is OCCCn1c(CN2CCOCC2)nc2ccccc21. The third-order valence-electron chi connectivity index (χ3n) is 3.74. The van der Waals surface area contributed by atoms with E-state index in [-0.39, 0.29) is 6.61 Å². The van der Waals surface area contributed by atoms with Crippen molar-refractivity contribution in [1.82, 2.24) is 14.5 Å². The number of aliphatic hydroxyl groups is 1. The van der Waals surface area contributed by atoms with E-state index in [4.69, 9.17) is 14.8 Å². The van der Waals surface area contributed by atoms with Gasteiger partial charge in [0.15, 0.2) is 0 Å². The van der Waals surface area contributed by atoms with Crippen molar-refractivity contribution in [2.24, 2.45) is 0 Å². The zero-order valence-corrected chi connectivity index (χ0v) is 11.7. The van der Waals surface area contributed by atoms with Crippen LogP contribution in [0.2, 0.25) is 0 Å². The second kappa shape index (κ2) is 6.35. The second-order valence-electron chi connectivity index (χ2n) is 5.13. The molecule has 108 valence electrons. The van der Waals surface area contributed by atoms with Gasteiger partial charge >= 0.3 is 0 Å². The van der Waals surface area contributed by atoms with Gasteiger partial charge in [0.2, 0.25) is 0 Å². The second-order valence-corrected chi connectivity index (χ2v) is 5.13. The minimum Gasteiger partial charge on any atom is -0.396 e. The number of nitrogens with zero attached hydrogens (tertiary/aromatic N) is 3. The van der Waals surface area contributed by atoms with Crippen LogP contribution in [0.15, 0.2) is 24.3 Å². The molecule has 0 spiro atoms. The summed E-state index contributed by atoms with van der Waals surface area (Å²) in [5, 5.41) is 9.09. The van der Waals surface area contributed by atoms with Gasteiger partial charge in [0.25, 0.3) is 0 Å². The number of ether oxygens (including phenoxy) is 1. The van der Waals surface area contributed by atoms with Gasteiger partial charge < -0.3 is 14.4 Å². The number of imidazole rings is 1. The molecule has 0 atom stereocenters. The number of aliphatic hydroxyl groups excluding tert-OH is 1. The Balaban J connectivity index is 1.87. The molecular weight excluding hydrogens is 254 g/mol. The minimum atomic E-state index is 0.212. The predicted molar refractivity (Wildman–Crippen MR) is 77.5 cm³/mol. The number of morpholine rings is 1. The van der Waals surface area contributed by atoms with Crippen LogP contribution in [0.4, 0.5) is 0 Å². The molecule has 0 saturated carbocycles. The van der Waals surface area contributed by atoms with Crippen LogP contribution in [0.5, 0.6) is 0 Å². The largest absolute Gasteiger partial charge is 0.396 e. The van der Waals surface area contributed by atoms with Gasteiger partial charge in [-0.3, -0.25) is 4.90 Å². The van der Waals surface area contributed by atoms with Gasteiger partial charge in [-0.15, -0.1) is 0 Å². The summed E-state index contributed by atoms with van der Waals surface area (Å²) in [5.74, 6) is 1.08. The molecule has 1 fully saturated rings. The van der Waals surface area contributed by atoms with Gasteiger partial charge in [-0.1, -0.05) is 12.1 Å². The van der Waals surface area contributed by atoms with E-state index in [0.717, 1.165) is 62.7 Å². The molecule has 1 aliphatic rings. The topological polar surface area (TPSA) is 50.5 Å². The summed E-state index contributed by atoms with van der Waals surface area (Å²) in [5.41, 5.74) is 2.19. The van der Waals surface area contributed by atoms with Crippen molar-refractivity contribution in [2.75, 3.05) is 32.9 Å². The van der Waals surface area contributed by atoms with E-state index in [9.17, 15) is 0 Å². The zero-order chi connectivity index (χ0) is 13.8. The Hall–Kier alpha value is -1.43. The highest BCUT2D eigenvalue weighted by Crippen LogP contribution is 2.18. The molecule has 2 heterocycles. The number of rotatable bonds is 5. The van der Waals surface area contributed by atoms with Gasteiger partial charge in [0, 0.05) is 26.2 Å². The van der Waals surface area contributed by atoms with Crippen LogP contribution in [-0.4, -0.2) is 52.5 Å². The average Bonchev–Trinajstić information content (AvgIpc) is 2.83. The molecule has 0 bridgehead atoms. The van der Waals surface area contributed by atoms with E-state index in [1.54, 1.807) is 0 Å². The maximum Gasteiger partial charge on any atom is 0.124 e. The molecule has 1 N–H and O–H groups in total. The van der Waals surface area contributed by atoms with E-state index in [2.05, 4.69) is 15.5 Å². The van der Waals surface area contributed by atoms with Gasteiger partial charge in [-0.2, -0.15) is 0 Å². The Kier molecular flexibility index (Phi) is 4.30. The number of hydrogen-bond donors (Lipinski definition) is 1. The number of hydrogen-bond acceptors (Lipinski definition) is 4. The number of fused-ring (bicyclic) bond motifs is 1. The normalized spacial score (nSPS) is 16.9. The fraction of sp³-hybridized carbons (Fsp3) is 0.533. The third kappa shape index (κ3) is 2.85. The first-order chi connectivity index (χ1) is 9.88. The van der Waals surface area contributed by atoms with Crippen LogP contribution in [0.3, 0.4) is 0 Å². The molecular formula is C15H21N3O2. The van der Waals surface area contributed by atoms with E-state index in [0.29, 0.717) is 0 Å². The summed E-state index contributed by atoms with van der Waals surface area (Å²) in [6, 6.07) is 8.21. The Morgan fingerprint density at radius 1 is 1.20 bits per heavy atom. The zero-order valence-electron chi connectivity index (χ0n) is 11.7. The van der Waals surface area contributed by atoms with Gasteiger partial charge in [-0.25, -0.2) is 4.98 Å². The van der Waals surface area contributed by atoms with Crippen molar-refractivity contribution in [3.8, 4) is 0 Å². The lowest BCUT2D eigenvalue weighted by Crippen LogP contribution is -2.36. The standard InChI is InChI=1S/C15H21N3O2/c19-9-3-6-18-14-5-2-1-4-13(14)16-15(18)12-17-7-10-20-11-8-17/h1-2,4-5,19H,3,6-12H2. The molecule has 2 aromatic rings. The lowest BCUT2D eigenvalue weighted by Gasteiger charge is -2.26. The summed E-state index contributed by atoms with van der Waals surface area (Å²) >= 11 is 0. The smallest absolute Gasteiger partial charge is 0.124 e. The lowest BCUT2D eigenvalue weighted by atomic mass is 10.3. The highest BCUT2D eigenvalue weighted by Gasteiger charge is 2.16. The van der Waals surface area contributed by atoms with Gasteiger partial charge in [-0.05, 0) is 18.6 Å². The molecule has 1 saturated heterocycles. The van der Waals surface area contributed by atoms with Crippen LogP contribution in [0.1, 0.15) is 12.2 Å². The van der Waals surface area contributed by atoms with Crippen molar-refractivity contribution in [2.45, 2.75) is 19.5 Å². The Labute approximate surface area is 118 Å². The highest BCUT2D eigenvalue weighted by atomic mass is 16.5. The number of para-hydroxylation sites is 2. The van der Waals surface area contributed by atoms with Crippen LogP contribution >= 0.6 is 0 Å². The first-order valence-electron chi connectivity index (χ1n) is 7.23. The average molecular weight is 275 g/mol. The summed E-state index contributed by atoms with van der Waals surface area (Å²) in [4.78, 5) is 7.13. The maximum atomic E-state index is 9.09. The van der Waals surface area contributed by atoms with Crippen LogP contribution in [0.25, 0.3) is 11.0 Å². The molecule has 0 radical (unpaired) electrons. The fourth-order valence-electron chi connectivity index (χ4n) is 2.68. The Morgan fingerprint density at radius 2 is 2.00 bits per heavy atom. The molecule has 3 rings (SSSR count). The highest BCUT2D eigenvalue weighted by molar-refractivity contribution is 5.75. The molecule has 0 aliphatic carbocycles. The molecule has 0 amide bonds. The van der Waals surface area contributed by atoms with Gasteiger partial charge in [0.05, 0.1) is 30.8 Å². The molecule has 20 heavy (non-hydrogen) atoms. The van der Waals surface area contributed by atoms with E-state index < -0.39 is 0 Å².